The van der Waals surface area contributed by atoms with Gasteiger partial charge in [0.25, 0.3) is 0 Å². The van der Waals surface area contributed by atoms with E-state index in [0.29, 0.717) is 10.7 Å². The molecule has 0 aliphatic heterocycles. The molecule has 30 heavy (non-hydrogen) atoms. The predicted octanol–water partition coefficient (Wildman–Crippen LogP) is 5.78. The maximum absolute atomic E-state index is 5.99. The second-order valence-corrected chi connectivity index (χ2v) is 7.22. The molecule has 146 valence electrons. The van der Waals surface area contributed by atoms with Crippen LogP contribution in [0.2, 0.25) is 5.02 Å². The minimum atomic E-state index is 0.699. The molecule has 0 radical (unpaired) electrons. The molecule has 0 unspecified atom stereocenters. The van der Waals surface area contributed by atoms with Crippen LogP contribution in [0.1, 0.15) is 11.3 Å². The van der Waals surface area contributed by atoms with E-state index in [2.05, 4.69) is 10.2 Å². The highest BCUT2D eigenvalue weighted by atomic mass is 35.5. The molecule has 0 bridgehead atoms. The van der Waals surface area contributed by atoms with Crippen LogP contribution in [0, 0.1) is 0 Å². The van der Waals surface area contributed by atoms with Gasteiger partial charge in [0.2, 0.25) is 0 Å². The van der Waals surface area contributed by atoms with Crippen molar-refractivity contribution >= 4 is 40.4 Å². The minimum Gasteiger partial charge on any atom is -0.497 e. The van der Waals surface area contributed by atoms with E-state index < -0.39 is 0 Å². The number of fused-ring (bicyclic) bond motifs is 3. The van der Waals surface area contributed by atoms with Crippen LogP contribution in [-0.2, 0) is 0 Å². The van der Waals surface area contributed by atoms with Gasteiger partial charge in [-0.05, 0) is 60.2 Å². The Hall–Kier alpha value is -3.70. The number of hydrogen-bond acceptors (Lipinski definition) is 4. The Kier molecular flexibility index (Phi) is 4.65. The van der Waals surface area contributed by atoms with E-state index in [9.17, 15) is 0 Å². The molecule has 2 heterocycles. The molecule has 0 aliphatic carbocycles. The van der Waals surface area contributed by atoms with Crippen molar-refractivity contribution in [3.63, 3.8) is 0 Å². The second kappa shape index (κ2) is 7.61. The third-order valence-electron chi connectivity index (χ3n) is 4.91. The summed E-state index contributed by atoms with van der Waals surface area (Å²) >= 11 is 5.99. The van der Waals surface area contributed by atoms with Crippen LogP contribution in [0.5, 0.6) is 5.75 Å². The van der Waals surface area contributed by atoms with Crippen LogP contribution in [0.15, 0.2) is 72.8 Å². The Bertz CT molecular complexity index is 1370. The van der Waals surface area contributed by atoms with Gasteiger partial charge in [-0.25, -0.2) is 4.98 Å². The SMILES string of the molecule is COc1ccc(-c2nnc3c(/C=C/c4ccc(Cl)cc4)nc4ccccc4n23)cc1. The Labute approximate surface area is 178 Å². The first-order chi connectivity index (χ1) is 14.7. The molecule has 5 nitrogen and oxygen atoms in total. The van der Waals surface area contributed by atoms with Gasteiger partial charge >= 0.3 is 0 Å². The smallest absolute Gasteiger partial charge is 0.187 e. The fraction of sp³-hybridized carbons (Fsp3) is 0.0417. The number of ether oxygens (including phenoxy) is 1. The van der Waals surface area contributed by atoms with Crippen molar-refractivity contribution in [1.29, 1.82) is 0 Å². The molecule has 0 N–H and O–H groups in total. The third kappa shape index (κ3) is 3.29. The van der Waals surface area contributed by atoms with Gasteiger partial charge in [-0.2, -0.15) is 0 Å². The van der Waals surface area contributed by atoms with Crippen molar-refractivity contribution in [3.05, 3.63) is 89.1 Å². The fourth-order valence-electron chi connectivity index (χ4n) is 3.39. The Balaban J connectivity index is 1.70. The van der Waals surface area contributed by atoms with E-state index in [0.717, 1.165) is 39.4 Å². The summed E-state index contributed by atoms with van der Waals surface area (Å²) in [4.78, 5) is 4.81. The van der Waals surface area contributed by atoms with Crippen molar-refractivity contribution < 1.29 is 4.74 Å². The first kappa shape index (κ1) is 18.3. The first-order valence-electron chi connectivity index (χ1n) is 9.45. The van der Waals surface area contributed by atoms with Gasteiger partial charge in [0.1, 0.15) is 11.4 Å². The van der Waals surface area contributed by atoms with Crippen LogP contribution in [0.25, 0.3) is 40.2 Å². The zero-order valence-electron chi connectivity index (χ0n) is 16.2. The molecule has 6 heteroatoms. The maximum atomic E-state index is 5.99. The molecule has 0 spiro atoms. The van der Waals surface area contributed by atoms with Gasteiger partial charge in [0, 0.05) is 10.6 Å². The number of nitrogens with zero attached hydrogens (tertiary/aromatic N) is 4. The van der Waals surface area contributed by atoms with E-state index >= 15 is 0 Å². The number of aromatic nitrogens is 4. The second-order valence-electron chi connectivity index (χ2n) is 6.78. The Morgan fingerprint density at radius 2 is 1.63 bits per heavy atom. The lowest BCUT2D eigenvalue weighted by Crippen LogP contribution is -1.97. The summed E-state index contributed by atoms with van der Waals surface area (Å²) in [5, 5.41) is 9.65. The molecule has 2 aromatic heterocycles. The summed E-state index contributed by atoms with van der Waals surface area (Å²) in [5.74, 6) is 1.55. The van der Waals surface area contributed by atoms with Crippen molar-refractivity contribution in [3.8, 4) is 17.1 Å². The lowest BCUT2D eigenvalue weighted by Gasteiger charge is -2.07. The summed E-state index contributed by atoms with van der Waals surface area (Å²) in [6, 6.07) is 23.4. The number of hydrogen-bond donors (Lipinski definition) is 0. The molecule has 0 atom stereocenters. The fourth-order valence-corrected chi connectivity index (χ4v) is 3.52. The Morgan fingerprint density at radius 1 is 0.867 bits per heavy atom. The van der Waals surface area contributed by atoms with Crippen molar-refractivity contribution in [2.45, 2.75) is 0 Å². The summed E-state index contributed by atoms with van der Waals surface area (Å²) < 4.78 is 7.32. The van der Waals surface area contributed by atoms with E-state index in [-0.39, 0.29) is 0 Å². The Morgan fingerprint density at radius 3 is 2.40 bits per heavy atom. The number of methoxy groups -OCH3 is 1. The van der Waals surface area contributed by atoms with Crippen LogP contribution >= 0.6 is 11.6 Å². The topological polar surface area (TPSA) is 52.3 Å². The molecule has 0 fully saturated rings. The number of rotatable bonds is 4. The molecular formula is C24H17ClN4O. The zero-order chi connectivity index (χ0) is 20.5. The maximum Gasteiger partial charge on any atom is 0.187 e. The summed E-state index contributed by atoms with van der Waals surface area (Å²) in [6.07, 6.45) is 3.95. The van der Waals surface area contributed by atoms with Gasteiger partial charge < -0.3 is 4.74 Å². The van der Waals surface area contributed by atoms with Crippen molar-refractivity contribution in [2.75, 3.05) is 7.11 Å². The summed E-state index contributed by atoms with van der Waals surface area (Å²) in [6.45, 7) is 0. The molecule has 5 aromatic rings. The molecule has 5 rings (SSSR count). The molecule has 3 aromatic carbocycles. The monoisotopic (exact) mass is 412 g/mol. The summed E-state index contributed by atoms with van der Waals surface area (Å²) in [5.41, 5.74) is 5.25. The largest absolute Gasteiger partial charge is 0.497 e. The van der Waals surface area contributed by atoms with Crippen molar-refractivity contribution in [1.82, 2.24) is 19.6 Å². The number of halogens is 1. The molecule has 0 amide bonds. The van der Waals surface area contributed by atoms with Crippen LogP contribution < -0.4 is 4.74 Å². The molecule has 0 aliphatic rings. The highest BCUT2D eigenvalue weighted by molar-refractivity contribution is 6.30. The van der Waals surface area contributed by atoms with Gasteiger partial charge in [0.15, 0.2) is 11.5 Å². The van der Waals surface area contributed by atoms with Crippen LogP contribution in [0.4, 0.5) is 0 Å². The lowest BCUT2D eigenvalue weighted by molar-refractivity contribution is 0.415. The normalized spacial score (nSPS) is 11.5. The van der Waals surface area contributed by atoms with E-state index in [4.69, 9.17) is 21.3 Å². The number of benzene rings is 3. The lowest BCUT2D eigenvalue weighted by atomic mass is 10.2. The minimum absolute atomic E-state index is 0.699. The molecule has 0 saturated heterocycles. The van der Waals surface area contributed by atoms with Crippen LogP contribution in [-0.4, -0.2) is 26.7 Å². The zero-order valence-corrected chi connectivity index (χ0v) is 16.9. The highest BCUT2D eigenvalue weighted by Crippen LogP contribution is 2.27. The highest BCUT2D eigenvalue weighted by Gasteiger charge is 2.15. The first-order valence-corrected chi connectivity index (χ1v) is 9.83. The van der Waals surface area contributed by atoms with Crippen LogP contribution in [0.3, 0.4) is 0 Å². The summed E-state index contributed by atoms with van der Waals surface area (Å²) in [7, 11) is 1.65. The standard InChI is InChI=1S/C24H17ClN4O/c1-30-19-13-9-17(10-14-19)23-27-28-24-21(15-8-16-6-11-18(25)12-7-16)26-20-4-2-3-5-22(20)29(23)24/h2-15H,1H3/b15-8+. The molecule has 0 saturated carbocycles. The quantitative estimate of drug-likeness (QED) is 0.375. The third-order valence-corrected chi connectivity index (χ3v) is 5.16. The van der Waals surface area contributed by atoms with E-state index in [1.807, 2.05) is 89.3 Å². The average Bonchev–Trinajstić information content (AvgIpc) is 3.24. The van der Waals surface area contributed by atoms with E-state index in [1.165, 1.54) is 0 Å². The molecular weight excluding hydrogens is 396 g/mol. The van der Waals surface area contributed by atoms with Gasteiger partial charge in [0.05, 0.1) is 18.1 Å². The van der Waals surface area contributed by atoms with Gasteiger partial charge in [-0.1, -0.05) is 41.9 Å². The van der Waals surface area contributed by atoms with Gasteiger partial charge in [-0.15, -0.1) is 10.2 Å². The van der Waals surface area contributed by atoms with Gasteiger partial charge in [-0.3, -0.25) is 4.40 Å². The predicted molar refractivity (Wildman–Crippen MR) is 121 cm³/mol. The van der Waals surface area contributed by atoms with Crippen molar-refractivity contribution in [2.24, 2.45) is 0 Å². The number of para-hydroxylation sites is 2. The average molecular weight is 413 g/mol. The van der Waals surface area contributed by atoms with E-state index in [1.54, 1.807) is 7.11 Å².